The summed E-state index contributed by atoms with van der Waals surface area (Å²) in [5.74, 6) is -0.209. The molecule has 0 spiro atoms. The van der Waals surface area contributed by atoms with Gasteiger partial charge in [0.2, 0.25) is 5.91 Å². The normalized spacial score (nSPS) is 16.1. The van der Waals surface area contributed by atoms with E-state index in [0.717, 1.165) is 29.7 Å². The Morgan fingerprint density at radius 3 is 2.76 bits per heavy atom. The van der Waals surface area contributed by atoms with Crippen molar-refractivity contribution in [3.05, 3.63) is 59.4 Å². The molecule has 1 unspecified atom stereocenters. The Bertz CT molecular complexity index is 1270. The van der Waals surface area contributed by atoms with Crippen LogP contribution in [0.25, 0.3) is 20.7 Å². The van der Waals surface area contributed by atoms with Gasteiger partial charge in [0, 0.05) is 11.4 Å². The number of allylic oxidation sites excluding steroid dienone is 1. The van der Waals surface area contributed by atoms with Crippen LogP contribution in [0.15, 0.2) is 59.0 Å². The van der Waals surface area contributed by atoms with Gasteiger partial charge in [-0.1, -0.05) is 67.4 Å². The SMILES string of the molecule is C=CCn1c(SC(C)C(=O)NC2(C#N)CCCCC2)nc2sc(-c3ccccc3)cc2c1=O. The van der Waals surface area contributed by atoms with Gasteiger partial charge in [-0.2, -0.15) is 5.26 Å². The number of thioether (sulfide) groups is 1. The first-order valence-corrected chi connectivity index (χ1v) is 12.8. The Hall–Kier alpha value is -2.89. The van der Waals surface area contributed by atoms with Crippen LogP contribution in [0.5, 0.6) is 0 Å². The molecule has 1 aliphatic rings. The molecule has 1 amide bonds. The third-order valence-corrected chi connectivity index (χ3v) is 8.09. The third-order valence-electron chi connectivity index (χ3n) is 5.92. The van der Waals surface area contributed by atoms with Crippen molar-refractivity contribution >= 4 is 39.2 Å². The predicted molar refractivity (Wildman–Crippen MR) is 134 cm³/mol. The van der Waals surface area contributed by atoms with Crippen molar-refractivity contribution in [3.8, 4) is 16.5 Å². The molecule has 2 heterocycles. The van der Waals surface area contributed by atoms with Gasteiger partial charge in [-0.15, -0.1) is 17.9 Å². The average molecular weight is 479 g/mol. The molecule has 1 aromatic carbocycles. The van der Waals surface area contributed by atoms with E-state index < -0.39 is 10.8 Å². The molecule has 33 heavy (non-hydrogen) atoms. The van der Waals surface area contributed by atoms with E-state index in [1.54, 1.807) is 17.6 Å². The van der Waals surface area contributed by atoms with Gasteiger partial charge in [-0.25, -0.2) is 4.98 Å². The standard InChI is InChI=1S/C25H26N4O2S2/c1-3-14-29-23(31)19-15-20(18-10-6-4-7-11-18)33-22(19)27-24(29)32-17(2)21(30)28-25(16-26)12-8-5-9-13-25/h3-4,6-7,10-11,15,17H,1,5,8-9,12-14H2,2H3,(H,28,30). The van der Waals surface area contributed by atoms with Gasteiger partial charge >= 0.3 is 0 Å². The summed E-state index contributed by atoms with van der Waals surface area (Å²) in [4.78, 5) is 32.6. The van der Waals surface area contributed by atoms with Crippen LogP contribution in [0.1, 0.15) is 39.0 Å². The lowest BCUT2D eigenvalue weighted by atomic mass is 9.83. The molecule has 1 saturated carbocycles. The molecule has 0 bridgehead atoms. The second-order valence-electron chi connectivity index (χ2n) is 8.30. The van der Waals surface area contributed by atoms with Gasteiger partial charge in [0.05, 0.1) is 16.7 Å². The molecule has 6 nitrogen and oxygen atoms in total. The van der Waals surface area contributed by atoms with Gasteiger partial charge < -0.3 is 5.32 Å². The van der Waals surface area contributed by atoms with Crippen molar-refractivity contribution in [2.45, 2.75) is 61.5 Å². The van der Waals surface area contributed by atoms with E-state index in [4.69, 9.17) is 4.98 Å². The zero-order chi connectivity index (χ0) is 23.4. The number of fused-ring (bicyclic) bond motifs is 1. The Balaban J connectivity index is 1.64. The first kappa shape index (κ1) is 23.3. The topological polar surface area (TPSA) is 87.8 Å². The van der Waals surface area contributed by atoms with Crippen LogP contribution in [0.2, 0.25) is 0 Å². The van der Waals surface area contributed by atoms with E-state index >= 15 is 0 Å². The van der Waals surface area contributed by atoms with E-state index in [9.17, 15) is 14.9 Å². The lowest BCUT2D eigenvalue weighted by Gasteiger charge is -2.32. The van der Waals surface area contributed by atoms with Crippen molar-refractivity contribution in [3.63, 3.8) is 0 Å². The molecule has 1 aliphatic carbocycles. The summed E-state index contributed by atoms with van der Waals surface area (Å²) < 4.78 is 1.56. The fourth-order valence-electron chi connectivity index (χ4n) is 4.09. The summed E-state index contributed by atoms with van der Waals surface area (Å²) in [6.07, 6.45) is 5.97. The number of hydrogen-bond donors (Lipinski definition) is 1. The zero-order valence-electron chi connectivity index (χ0n) is 18.5. The minimum Gasteiger partial charge on any atom is -0.337 e. The van der Waals surface area contributed by atoms with Crippen LogP contribution < -0.4 is 10.9 Å². The summed E-state index contributed by atoms with van der Waals surface area (Å²) >= 11 is 2.70. The van der Waals surface area contributed by atoms with Gasteiger partial charge in [-0.05, 0) is 31.4 Å². The second-order valence-corrected chi connectivity index (χ2v) is 10.6. The third kappa shape index (κ3) is 4.90. The minimum atomic E-state index is -0.791. The zero-order valence-corrected chi connectivity index (χ0v) is 20.2. The molecule has 2 aromatic heterocycles. The van der Waals surface area contributed by atoms with Crippen molar-refractivity contribution in [1.82, 2.24) is 14.9 Å². The smallest absolute Gasteiger partial charge is 0.263 e. The highest BCUT2D eigenvalue weighted by Gasteiger charge is 2.35. The van der Waals surface area contributed by atoms with Gasteiger partial charge in [0.1, 0.15) is 10.4 Å². The van der Waals surface area contributed by atoms with Crippen LogP contribution in [-0.4, -0.2) is 26.2 Å². The molecule has 3 aromatic rings. The lowest BCUT2D eigenvalue weighted by molar-refractivity contribution is -0.121. The number of carbonyl (C=O) groups is 1. The van der Waals surface area contributed by atoms with Gasteiger partial charge in [0.15, 0.2) is 5.16 Å². The largest absolute Gasteiger partial charge is 0.337 e. The predicted octanol–water partition coefficient (Wildman–Crippen LogP) is 5.13. The molecule has 8 heteroatoms. The first-order chi connectivity index (χ1) is 16.0. The van der Waals surface area contributed by atoms with Crippen LogP contribution >= 0.6 is 23.1 Å². The number of carbonyl (C=O) groups excluding carboxylic acids is 1. The number of aromatic nitrogens is 2. The highest BCUT2D eigenvalue weighted by Crippen LogP contribution is 2.33. The number of benzene rings is 1. The monoisotopic (exact) mass is 478 g/mol. The first-order valence-electron chi connectivity index (χ1n) is 11.1. The van der Waals surface area contributed by atoms with E-state index in [0.29, 0.717) is 34.8 Å². The van der Waals surface area contributed by atoms with E-state index in [-0.39, 0.29) is 11.5 Å². The molecule has 0 saturated heterocycles. The summed E-state index contributed by atoms with van der Waals surface area (Å²) in [5.41, 5.74) is 0.0984. The molecular weight excluding hydrogens is 452 g/mol. The maximum absolute atomic E-state index is 13.3. The van der Waals surface area contributed by atoms with E-state index in [2.05, 4.69) is 18.0 Å². The second kappa shape index (κ2) is 9.94. The number of nitrogens with one attached hydrogen (secondary N) is 1. The van der Waals surface area contributed by atoms with Crippen molar-refractivity contribution < 1.29 is 4.79 Å². The minimum absolute atomic E-state index is 0.144. The summed E-state index contributed by atoms with van der Waals surface area (Å²) in [7, 11) is 0. The number of nitriles is 1. The molecule has 4 rings (SSSR count). The molecule has 0 aliphatic heterocycles. The molecule has 1 N–H and O–H groups in total. The Labute approximate surface area is 201 Å². The highest BCUT2D eigenvalue weighted by atomic mass is 32.2. The lowest BCUT2D eigenvalue weighted by Crippen LogP contribution is -2.51. The van der Waals surface area contributed by atoms with Crippen LogP contribution in [0, 0.1) is 11.3 Å². The molecule has 1 atom stereocenters. The number of thiophene rings is 1. The van der Waals surface area contributed by atoms with E-state index in [1.807, 2.05) is 36.4 Å². The Morgan fingerprint density at radius 2 is 2.09 bits per heavy atom. The fourth-order valence-corrected chi connectivity index (χ4v) is 6.09. The summed E-state index contributed by atoms with van der Waals surface area (Å²) in [6, 6.07) is 14.1. The molecule has 170 valence electrons. The molecular formula is C25H26N4O2S2. The number of nitrogens with zero attached hydrogens (tertiary/aromatic N) is 3. The Kier molecular flexibility index (Phi) is 7.01. The molecule has 0 radical (unpaired) electrons. The number of hydrogen-bond acceptors (Lipinski definition) is 6. The average Bonchev–Trinajstić information content (AvgIpc) is 3.27. The van der Waals surface area contributed by atoms with Gasteiger partial charge in [-0.3, -0.25) is 14.2 Å². The van der Waals surface area contributed by atoms with Crippen molar-refractivity contribution in [2.75, 3.05) is 0 Å². The summed E-state index contributed by atoms with van der Waals surface area (Å²) in [5, 5.41) is 13.2. The number of amides is 1. The quantitative estimate of drug-likeness (QED) is 0.289. The maximum atomic E-state index is 13.3. The van der Waals surface area contributed by atoms with Crippen LogP contribution in [-0.2, 0) is 11.3 Å². The summed E-state index contributed by atoms with van der Waals surface area (Å²) in [6.45, 7) is 5.86. The molecule has 1 fully saturated rings. The van der Waals surface area contributed by atoms with Crippen molar-refractivity contribution in [2.24, 2.45) is 0 Å². The maximum Gasteiger partial charge on any atom is 0.263 e. The fraction of sp³-hybridized carbons (Fsp3) is 0.360. The highest BCUT2D eigenvalue weighted by molar-refractivity contribution is 8.00. The Morgan fingerprint density at radius 1 is 1.36 bits per heavy atom. The van der Waals surface area contributed by atoms with Crippen molar-refractivity contribution in [1.29, 1.82) is 5.26 Å². The van der Waals surface area contributed by atoms with Crippen LogP contribution in [0.4, 0.5) is 0 Å². The van der Waals surface area contributed by atoms with E-state index in [1.165, 1.54) is 23.1 Å². The van der Waals surface area contributed by atoms with Gasteiger partial charge in [0.25, 0.3) is 5.56 Å². The number of rotatable bonds is 7. The van der Waals surface area contributed by atoms with Crippen LogP contribution in [0.3, 0.4) is 0 Å².